The van der Waals surface area contributed by atoms with Crippen LogP contribution in [0.1, 0.15) is 84.8 Å². The van der Waals surface area contributed by atoms with Crippen molar-refractivity contribution in [3.63, 3.8) is 0 Å². The molecule has 6 aromatic rings. The van der Waals surface area contributed by atoms with Crippen LogP contribution in [0.15, 0.2) is 79.5 Å². The van der Waals surface area contributed by atoms with E-state index in [9.17, 15) is 19.8 Å². The third-order valence-electron chi connectivity index (χ3n) is 10.7. The molecule has 16 nitrogen and oxygen atoms in total. The van der Waals surface area contributed by atoms with Crippen molar-refractivity contribution in [2.24, 2.45) is 5.41 Å². The van der Waals surface area contributed by atoms with Crippen LogP contribution in [0.3, 0.4) is 0 Å². The Kier molecular flexibility index (Phi) is 16.5. The summed E-state index contributed by atoms with van der Waals surface area (Å²) in [6.45, 7) is 13.2. The molecule has 0 saturated carbocycles. The van der Waals surface area contributed by atoms with Crippen LogP contribution in [0.4, 0.5) is 11.6 Å². The highest BCUT2D eigenvalue weighted by molar-refractivity contribution is 5.95. The van der Waals surface area contributed by atoms with Crippen LogP contribution in [0.2, 0.25) is 0 Å². The Balaban J connectivity index is 0.000000164. The molecule has 7 heterocycles. The average Bonchev–Trinajstić information content (AvgIpc) is 3.98. The van der Waals surface area contributed by atoms with Gasteiger partial charge in [-0.15, -0.1) is 0 Å². The van der Waals surface area contributed by atoms with Crippen molar-refractivity contribution in [3.05, 3.63) is 119 Å². The molecule has 1 aromatic carbocycles. The number of H-pyrrole nitrogens is 1. The van der Waals surface area contributed by atoms with E-state index in [0.717, 1.165) is 87.2 Å². The molecule has 0 unspecified atom stereocenters. The summed E-state index contributed by atoms with van der Waals surface area (Å²) in [4.78, 5) is 59.9. The third kappa shape index (κ3) is 13.2. The minimum atomic E-state index is -0.420. The molecule has 8 rings (SSSR count). The van der Waals surface area contributed by atoms with Crippen molar-refractivity contribution in [1.29, 1.82) is 0 Å². The number of aromatic nitrogens is 7. The number of amides is 2. The number of hydrogen-bond acceptors (Lipinski definition) is 13. The van der Waals surface area contributed by atoms with Gasteiger partial charge in [-0.25, -0.2) is 15.0 Å². The van der Waals surface area contributed by atoms with Gasteiger partial charge in [-0.05, 0) is 95.0 Å². The lowest BCUT2D eigenvalue weighted by atomic mass is 9.97. The van der Waals surface area contributed by atoms with Crippen molar-refractivity contribution in [1.82, 2.24) is 50.0 Å². The van der Waals surface area contributed by atoms with E-state index in [2.05, 4.69) is 85.1 Å². The predicted octanol–water partition coefficient (Wildman–Crippen LogP) is 5.54. The number of nitrogens with zero attached hydrogens (tertiary/aromatic N) is 9. The molecule has 2 aliphatic rings. The van der Waals surface area contributed by atoms with E-state index in [0.29, 0.717) is 38.2 Å². The first kappa shape index (κ1) is 48.7. The zero-order chi connectivity index (χ0) is 47.4. The van der Waals surface area contributed by atoms with E-state index < -0.39 is 6.10 Å². The first-order valence-corrected chi connectivity index (χ1v) is 22.3. The normalized spacial score (nSPS) is 15.3. The summed E-state index contributed by atoms with van der Waals surface area (Å²) in [6, 6.07) is 14.9. The lowest BCUT2D eigenvalue weighted by Crippen LogP contribution is -2.46. The van der Waals surface area contributed by atoms with Gasteiger partial charge >= 0.3 is 0 Å². The molecule has 66 heavy (non-hydrogen) atoms. The van der Waals surface area contributed by atoms with Gasteiger partial charge in [0.2, 0.25) is 5.91 Å². The highest BCUT2D eigenvalue weighted by atomic mass is 16.3. The van der Waals surface area contributed by atoms with E-state index in [1.54, 1.807) is 42.8 Å². The first-order chi connectivity index (χ1) is 31.6. The molecule has 0 aliphatic carbocycles. The van der Waals surface area contributed by atoms with E-state index in [-0.39, 0.29) is 29.9 Å². The van der Waals surface area contributed by atoms with E-state index >= 15 is 0 Å². The zero-order valence-corrected chi connectivity index (χ0v) is 39.3. The van der Waals surface area contributed by atoms with Crippen LogP contribution >= 0.6 is 0 Å². The van der Waals surface area contributed by atoms with Crippen molar-refractivity contribution >= 4 is 34.5 Å². The summed E-state index contributed by atoms with van der Waals surface area (Å²) in [5.41, 5.74) is 7.77. The Bertz CT molecular complexity index is 2650. The lowest BCUT2D eigenvalue weighted by Gasteiger charge is -2.32. The molecule has 16 heteroatoms. The number of benzene rings is 1. The van der Waals surface area contributed by atoms with Gasteiger partial charge in [-0.2, -0.15) is 0 Å². The molecule has 1 fully saturated rings. The molecular formula is C50H62N12O4. The number of fused-ring (bicyclic) bond motifs is 2. The molecule has 5 aromatic heterocycles. The average molecular weight is 895 g/mol. The molecule has 0 bridgehead atoms. The summed E-state index contributed by atoms with van der Waals surface area (Å²) in [7, 11) is 5.71. The van der Waals surface area contributed by atoms with Crippen molar-refractivity contribution < 1.29 is 19.8 Å². The zero-order valence-electron chi connectivity index (χ0n) is 39.3. The summed E-state index contributed by atoms with van der Waals surface area (Å²) in [6.07, 6.45) is 10.4. The Morgan fingerprint density at radius 2 is 1.83 bits per heavy atom. The topological polar surface area (TPSA) is 202 Å². The quantitative estimate of drug-likeness (QED) is 0.107. The molecule has 0 radical (unpaired) electrons. The maximum absolute atomic E-state index is 12.6. The molecule has 2 amide bonds. The highest BCUT2D eigenvalue weighted by Crippen LogP contribution is 2.30. The summed E-state index contributed by atoms with van der Waals surface area (Å²) < 4.78 is 0. The van der Waals surface area contributed by atoms with Gasteiger partial charge in [-0.3, -0.25) is 24.5 Å². The van der Waals surface area contributed by atoms with Gasteiger partial charge in [-0.1, -0.05) is 24.8 Å². The fourth-order valence-corrected chi connectivity index (χ4v) is 7.46. The summed E-state index contributed by atoms with van der Waals surface area (Å²) in [5, 5.41) is 26.3. The summed E-state index contributed by atoms with van der Waals surface area (Å²) in [5.74, 6) is 8.81. The first-order valence-electron chi connectivity index (χ1n) is 22.3. The number of aromatic amines is 1. The predicted molar refractivity (Wildman–Crippen MR) is 257 cm³/mol. The molecule has 2 aliphatic heterocycles. The van der Waals surface area contributed by atoms with Gasteiger partial charge in [0.25, 0.3) is 5.91 Å². The summed E-state index contributed by atoms with van der Waals surface area (Å²) >= 11 is 0. The monoisotopic (exact) mass is 895 g/mol. The van der Waals surface area contributed by atoms with E-state index in [1.165, 1.54) is 0 Å². The van der Waals surface area contributed by atoms with Crippen LogP contribution in [-0.4, -0.2) is 120 Å². The Morgan fingerprint density at radius 1 is 1.02 bits per heavy atom. The minimum absolute atomic E-state index is 0.0117. The van der Waals surface area contributed by atoms with Gasteiger partial charge in [0.1, 0.15) is 23.1 Å². The highest BCUT2D eigenvalue weighted by Gasteiger charge is 2.34. The van der Waals surface area contributed by atoms with Crippen molar-refractivity contribution in [3.8, 4) is 23.1 Å². The second kappa shape index (κ2) is 22.4. The molecule has 346 valence electrons. The van der Waals surface area contributed by atoms with Crippen LogP contribution < -0.4 is 15.5 Å². The van der Waals surface area contributed by atoms with Gasteiger partial charge < -0.3 is 40.5 Å². The van der Waals surface area contributed by atoms with Crippen LogP contribution in [0.25, 0.3) is 22.3 Å². The Labute approximate surface area is 387 Å². The van der Waals surface area contributed by atoms with Crippen molar-refractivity contribution in [2.45, 2.75) is 85.7 Å². The number of pyridine rings is 2. The maximum Gasteiger partial charge on any atom is 0.253 e. The Morgan fingerprint density at radius 3 is 2.53 bits per heavy atom. The van der Waals surface area contributed by atoms with Gasteiger partial charge in [0, 0.05) is 98.6 Å². The standard InChI is InChI=1S/C19H21N3O.C16H18N4O.C15H23N5O2/c1-19(2,3)9-8-15-6-5-7-16(12-15)18(23)22(4)14-17-13-20-10-11-21-17;1-2-5-18-15-9-13(12-4-7-19-16(12)20-15)14-8-11(10-21)3-6-17-14;1-9-17-13-8-20(15(22)12-6-10(21)7-16-12)5-4-11(13)14(18-9)19(2)3/h5-7,10-13H,14H2,1-4H3;3-4,6-9,21H,2,5,10H2,1H3,(H2,18,19,20);10,12,16,21H,4-8H2,1-3H3/t;;10-,12+/m..1/s1. The van der Waals surface area contributed by atoms with Gasteiger partial charge in [0.15, 0.2) is 0 Å². The smallest absolute Gasteiger partial charge is 0.253 e. The largest absolute Gasteiger partial charge is 0.392 e. The molecule has 1 saturated heterocycles. The van der Waals surface area contributed by atoms with E-state index in [1.807, 2.05) is 79.5 Å². The number of aliphatic hydroxyl groups is 2. The van der Waals surface area contributed by atoms with Gasteiger partial charge in [0.05, 0.1) is 55.1 Å². The van der Waals surface area contributed by atoms with Crippen LogP contribution in [-0.2, 0) is 30.9 Å². The number of nitrogens with one attached hydrogen (secondary N) is 3. The number of aliphatic hydroxyl groups excluding tert-OH is 2. The van der Waals surface area contributed by atoms with Crippen LogP contribution in [0, 0.1) is 24.2 Å². The minimum Gasteiger partial charge on any atom is -0.392 e. The molecule has 2 atom stereocenters. The fraction of sp³-hybridized carbons (Fsp3) is 0.400. The number of anilines is 2. The number of hydrogen-bond donors (Lipinski definition) is 5. The molecular weight excluding hydrogens is 833 g/mol. The maximum atomic E-state index is 12.6. The Hall–Kier alpha value is -6.80. The number of carbonyl (C=O) groups excluding carboxylic acids is 2. The molecule has 0 spiro atoms. The van der Waals surface area contributed by atoms with E-state index in [4.69, 9.17) is 0 Å². The number of β-amino-alcohol motifs (C(OH)–C–C–N with tert-alkyl or cyclic N) is 1. The number of carbonyl (C=O) groups is 2. The lowest BCUT2D eigenvalue weighted by molar-refractivity contribution is -0.134. The fourth-order valence-electron chi connectivity index (χ4n) is 7.46. The second-order valence-electron chi connectivity index (χ2n) is 17.6. The van der Waals surface area contributed by atoms with Crippen molar-refractivity contribution in [2.75, 3.05) is 51.0 Å². The van der Waals surface area contributed by atoms with Crippen LogP contribution in [0.5, 0.6) is 0 Å². The third-order valence-corrected chi connectivity index (χ3v) is 10.7. The SMILES string of the molecule is CCCNc1cc(-c2cc(CO)ccn2)c2cc[nH]c2n1.CN(Cc1cnccn1)C(=O)c1cccc(C#CC(C)(C)C)c1.Cc1nc2c(c(N(C)C)n1)CCN(C(=O)[C@@H]1C[C@@H](O)CN1)C2. The number of aryl methyl sites for hydroxylation is 1. The number of rotatable bonds is 10. The molecule has 5 N–H and O–H groups in total. The second-order valence-corrected chi connectivity index (χ2v) is 17.6.